The monoisotopic (exact) mass is 1160 g/mol. The number of nitrogens with one attached hydrogen (secondary N) is 1. The number of rotatable bonds is 15. The number of hydrogen-bond acceptors (Lipinski definition) is 6. The molecule has 0 aliphatic carbocycles. The van der Waals surface area contributed by atoms with Crippen LogP contribution in [0.25, 0.3) is 0 Å². The third-order valence-corrected chi connectivity index (χ3v) is 14.3. The number of ether oxygens (including phenoxy) is 2. The van der Waals surface area contributed by atoms with Crippen LogP contribution in [-0.4, -0.2) is 0 Å². The lowest BCUT2D eigenvalue weighted by atomic mass is 10.2. The maximum Gasteiger partial charge on any atom is 0.148 e. The van der Waals surface area contributed by atoms with Crippen molar-refractivity contribution in [2.24, 2.45) is 0 Å². The number of halogens is 3. The maximum atomic E-state index is 7.07. The molecule has 0 spiro atoms. The zero-order valence-corrected chi connectivity index (χ0v) is 47.1. The molecule has 0 aromatic heterocycles. The first-order chi connectivity index (χ1) is 39.9. The van der Waals surface area contributed by atoms with E-state index in [0.29, 0.717) is 27.3 Å². The summed E-state index contributed by atoms with van der Waals surface area (Å²) in [6, 6.07) is 109. The van der Waals surface area contributed by atoms with Gasteiger partial charge in [-0.25, -0.2) is 0 Å². The standard InChI is InChI=1S/C36H27ClN2O.C24H17BrClNO.C12H11N/c37-36-34(39(30-19-9-3-10-20-30)31-21-11-4-12-22-31)25-14-26-35(36)40-33-24-13-23-32(27-33)38(28-15-5-1-6-16-28)29-17-7-2-8-18-29;25-22-15-8-16-23(24(22)26)28-21-14-7-13-20(17-21)27(18-9-3-1-4-10-18)19-11-5-2-6-12-19;1-3-7-11(8-4-1)13-12-9-5-2-6-10-12/h1-27H;1-17H;1-10,13H. The minimum absolute atomic E-state index is 0.531. The largest absolute Gasteiger partial charge is 0.456 e. The maximum absolute atomic E-state index is 7.07. The third kappa shape index (κ3) is 14.6. The SMILES string of the molecule is Clc1c(Br)cccc1Oc1cccc(N(c2ccccc2)c2ccccc2)c1.Clc1c(Oc2cccc(N(c3ccccc3)c3ccccc3)c2)cccc1N(c1ccccc1)c1ccccc1.c1ccc(Nc2ccccc2)cc1. The van der Waals surface area contributed by atoms with Gasteiger partial charge in [-0.3, -0.25) is 0 Å². The molecule has 0 fully saturated rings. The highest BCUT2D eigenvalue weighted by atomic mass is 79.9. The average Bonchev–Trinajstić information content (AvgIpc) is 3.52. The van der Waals surface area contributed by atoms with Gasteiger partial charge < -0.3 is 29.5 Å². The summed E-state index contributed by atoms with van der Waals surface area (Å²) in [6.07, 6.45) is 0. The number of anilines is 11. The lowest BCUT2D eigenvalue weighted by Gasteiger charge is -2.27. The van der Waals surface area contributed by atoms with Crippen molar-refractivity contribution < 1.29 is 9.47 Å². The predicted octanol–water partition coefficient (Wildman–Crippen LogP) is 22.9. The van der Waals surface area contributed by atoms with Gasteiger partial charge in [-0.1, -0.05) is 193 Å². The Hall–Kier alpha value is -9.50. The molecular formula is C72H55BrCl2N4O2. The highest BCUT2D eigenvalue weighted by Gasteiger charge is 2.20. The van der Waals surface area contributed by atoms with Gasteiger partial charge >= 0.3 is 0 Å². The highest BCUT2D eigenvalue weighted by molar-refractivity contribution is 9.10. The smallest absolute Gasteiger partial charge is 0.148 e. The van der Waals surface area contributed by atoms with Crippen molar-refractivity contribution in [1.82, 2.24) is 0 Å². The van der Waals surface area contributed by atoms with E-state index in [9.17, 15) is 0 Å². The van der Waals surface area contributed by atoms with E-state index in [1.807, 2.05) is 243 Å². The molecule has 12 rings (SSSR count). The Morgan fingerprint density at radius 3 is 0.914 bits per heavy atom. The van der Waals surface area contributed by atoms with Crippen molar-refractivity contribution in [3.8, 4) is 23.0 Å². The van der Waals surface area contributed by atoms with Crippen LogP contribution in [0.3, 0.4) is 0 Å². The second-order valence-corrected chi connectivity index (χ2v) is 19.8. The van der Waals surface area contributed by atoms with Crippen molar-refractivity contribution in [3.63, 3.8) is 0 Å². The van der Waals surface area contributed by atoms with E-state index in [1.165, 1.54) is 0 Å². The molecule has 12 aromatic carbocycles. The first-order valence-corrected chi connectivity index (χ1v) is 27.9. The quantitative estimate of drug-likeness (QED) is 0.110. The lowest BCUT2D eigenvalue weighted by Crippen LogP contribution is -2.10. The number of hydrogen-bond donors (Lipinski definition) is 1. The van der Waals surface area contributed by atoms with E-state index in [1.54, 1.807) is 0 Å². The lowest BCUT2D eigenvalue weighted by molar-refractivity contribution is 0.482. The van der Waals surface area contributed by atoms with E-state index < -0.39 is 0 Å². The third-order valence-electron chi connectivity index (χ3n) is 12.6. The van der Waals surface area contributed by atoms with Crippen molar-refractivity contribution >= 4 is 102 Å². The minimum atomic E-state index is 0.531. The van der Waals surface area contributed by atoms with E-state index in [-0.39, 0.29) is 0 Å². The molecule has 6 nitrogen and oxygen atoms in total. The van der Waals surface area contributed by atoms with Crippen LogP contribution in [0.1, 0.15) is 0 Å². The summed E-state index contributed by atoms with van der Waals surface area (Å²) in [5.41, 5.74) is 11.4. The normalized spacial score (nSPS) is 10.4. The van der Waals surface area contributed by atoms with E-state index in [4.69, 9.17) is 32.7 Å². The zero-order chi connectivity index (χ0) is 55.4. The average molecular weight is 1160 g/mol. The van der Waals surface area contributed by atoms with Crippen molar-refractivity contribution in [2.45, 2.75) is 0 Å². The van der Waals surface area contributed by atoms with Gasteiger partial charge in [-0.05, 0) is 162 Å². The molecule has 0 bridgehead atoms. The van der Waals surface area contributed by atoms with Gasteiger partial charge in [-0.15, -0.1) is 0 Å². The van der Waals surface area contributed by atoms with E-state index >= 15 is 0 Å². The fourth-order valence-electron chi connectivity index (χ4n) is 8.93. The van der Waals surface area contributed by atoms with Crippen LogP contribution >= 0.6 is 39.1 Å². The Morgan fingerprint density at radius 2 is 0.556 bits per heavy atom. The molecule has 9 heteroatoms. The molecular weight excluding hydrogens is 1100 g/mol. The Balaban J connectivity index is 0.000000155. The molecule has 0 atom stereocenters. The van der Waals surface area contributed by atoms with Crippen LogP contribution in [0, 0.1) is 0 Å². The van der Waals surface area contributed by atoms with Gasteiger partial charge in [0, 0.05) is 73.5 Å². The van der Waals surface area contributed by atoms with Crippen LogP contribution in [0.2, 0.25) is 10.0 Å². The molecule has 396 valence electrons. The van der Waals surface area contributed by atoms with E-state index in [0.717, 1.165) is 72.8 Å². The van der Waals surface area contributed by atoms with Gasteiger partial charge in [0.05, 0.1) is 10.7 Å². The van der Waals surface area contributed by atoms with Crippen molar-refractivity contribution in [3.05, 3.63) is 342 Å². The Kier molecular flexibility index (Phi) is 18.9. The summed E-state index contributed by atoms with van der Waals surface area (Å²) < 4.78 is 13.3. The predicted molar refractivity (Wildman–Crippen MR) is 344 cm³/mol. The molecule has 0 saturated heterocycles. The van der Waals surface area contributed by atoms with Crippen LogP contribution in [0.15, 0.2) is 332 Å². The van der Waals surface area contributed by atoms with Crippen LogP contribution in [0.5, 0.6) is 23.0 Å². The Labute approximate surface area is 493 Å². The molecule has 81 heavy (non-hydrogen) atoms. The fraction of sp³-hybridized carbons (Fsp3) is 0. The summed E-state index contributed by atoms with van der Waals surface area (Å²) in [7, 11) is 0. The zero-order valence-electron chi connectivity index (χ0n) is 44.0. The fourth-order valence-corrected chi connectivity index (χ4v) is 9.70. The van der Waals surface area contributed by atoms with Crippen LogP contribution < -0.4 is 29.5 Å². The first-order valence-electron chi connectivity index (χ1n) is 26.3. The van der Waals surface area contributed by atoms with Gasteiger partial charge in [-0.2, -0.15) is 0 Å². The molecule has 0 unspecified atom stereocenters. The second kappa shape index (κ2) is 27.9. The van der Waals surface area contributed by atoms with Crippen LogP contribution in [-0.2, 0) is 0 Å². The van der Waals surface area contributed by atoms with E-state index in [2.05, 4.69) is 121 Å². The summed E-state index contributed by atoms with van der Waals surface area (Å²) in [6.45, 7) is 0. The Morgan fingerprint density at radius 1 is 0.272 bits per heavy atom. The molecule has 0 heterocycles. The van der Waals surface area contributed by atoms with Crippen LogP contribution in [0.4, 0.5) is 62.6 Å². The summed E-state index contributed by atoms with van der Waals surface area (Å²) in [4.78, 5) is 6.53. The second-order valence-electron chi connectivity index (χ2n) is 18.2. The molecule has 0 aliphatic heterocycles. The topological polar surface area (TPSA) is 40.2 Å². The summed E-state index contributed by atoms with van der Waals surface area (Å²) in [5, 5.41) is 4.39. The van der Waals surface area contributed by atoms with Gasteiger partial charge in [0.1, 0.15) is 28.0 Å². The number of benzene rings is 12. The summed E-state index contributed by atoms with van der Waals surface area (Å²) in [5.74, 6) is 2.60. The minimum Gasteiger partial charge on any atom is -0.456 e. The first kappa shape index (κ1) is 54.8. The summed E-state index contributed by atoms with van der Waals surface area (Å²) >= 11 is 16.9. The Bertz CT molecular complexity index is 3680. The number of nitrogens with zero attached hydrogens (tertiary/aromatic N) is 3. The van der Waals surface area contributed by atoms with Gasteiger partial charge in [0.2, 0.25) is 0 Å². The molecule has 0 radical (unpaired) electrons. The molecule has 0 aliphatic rings. The van der Waals surface area contributed by atoms with Crippen molar-refractivity contribution in [1.29, 1.82) is 0 Å². The highest BCUT2D eigenvalue weighted by Crippen LogP contribution is 2.45. The molecule has 1 N–H and O–H groups in total. The molecule has 0 saturated carbocycles. The molecule has 0 amide bonds. The molecule has 12 aromatic rings. The van der Waals surface area contributed by atoms with Gasteiger partial charge in [0.25, 0.3) is 0 Å². The van der Waals surface area contributed by atoms with Gasteiger partial charge in [0.15, 0.2) is 0 Å². The van der Waals surface area contributed by atoms with Crippen molar-refractivity contribution in [2.75, 3.05) is 20.0 Å². The number of para-hydroxylation sites is 8.